The van der Waals surface area contributed by atoms with E-state index in [4.69, 9.17) is 9.47 Å². The Morgan fingerprint density at radius 3 is 2.35 bits per heavy atom. The molecule has 2 aromatic rings. The number of hydrogen-bond acceptors (Lipinski definition) is 4. The highest BCUT2D eigenvalue weighted by Crippen LogP contribution is 2.49. The summed E-state index contributed by atoms with van der Waals surface area (Å²) in [5.74, 6) is 1.07. The van der Waals surface area contributed by atoms with Gasteiger partial charge in [-0.15, -0.1) is 0 Å². The second-order valence-corrected chi connectivity index (χ2v) is 9.19. The lowest BCUT2D eigenvalue weighted by Gasteiger charge is -2.43. The molecule has 162 valence electrons. The number of nitrogens with zero attached hydrogens (tertiary/aromatic N) is 1. The summed E-state index contributed by atoms with van der Waals surface area (Å²) in [7, 11) is 3.18. The van der Waals surface area contributed by atoms with Gasteiger partial charge >= 0.3 is 0 Å². The van der Waals surface area contributed by atoms with Gasteiger partial charge in [0, 0.05) is 30.0 Å². The van der Waals surface area contributed by atoms with Crippen LogP contribution in [0.5, 0.6) is 11.5 Å². The van der Waals surface area contributed by atoms with E-state index in [1.165, 1.54) is 0 Å². The standard InChI is InChI=1S/C26H29NO4/c1-16-8-6-7-9-19(16)27-20-14-26(2,3)15-21(28)25(20)18(13-24(27)29)17-10-11-22(30-4)23(12-17)31-5/h6-12,18H,13-15H2,1-5H3/t18-/m1/s1. The van der Waals surface area contributed by atoms with Gasteiger partial charge in [-0.1, -0.05) is 38.1 Å². The minimum atomic E-state index is -0.286. The van der Waals surface area contributed by atoms with Gasteiger partial charge in [-0.05, 0) is 48.1 Å². The minimum absolute atomic E-state index is 0.0123. The molecule has 0 saturated heterocycles. The smallest absolute Gasteiger partial charge is 0.232 e. The van der Waals surface area contributed by atoms with Crippen LogP contribution in [0, 0.1) is 12.3 Å². The van der Waals surface area contributed by atoms with E-state index in [2.05, 4.69) is 13.8 Å². The van der Waals surface area contributed by atoms with E-state index in [-0.39, 0.29) is 29.4 Å². The molecule has 1 aliphatic heterocycles. The van der Waals surface area contributed by atoms with Gasteiger partial charge < -0.3 is 9.47 Å². The number of para-hydroxylation sites is 1. The maximum Gasteiger partial charge on any atom is 0.232 e. The summed E-state index contributed by atoms with van der Waals surface area (Å²) in [5.41, 5.74) is 4.17. The van der Waals surface area contributed by atoms with E-state index in [0.717, 1.165) is 28.1 Å². The van der Waals surface area contributed by atoms with Crippen molar-refractivity contribution in [3.05, 3.63) is 64.9 Å². The van der Waals surface area contributed by atoms with E-state index in [0.29, 0.717) is 24.3 Å². The van der Waals surface area contributed by atoms with E-state index in [1.807, 2.05) is 49.4 Å². The van der Waals surface area contributed by atoms with Gasteiger partial charge in [0.2, 0.25) is 5.91 Å². The van der Waals surface area contributed by atoms with Crippen molar-refractivity contribution < 1.29 is 19.1 Å². The van der Waals surface area contributed by atoms with Crippen LogP contribution in [0.3, 0.4) is 0 Å². The van der Waals surface area contributed by atoms with Gasteiger partial charge in [-0.3, -0.25) is 14.5 Å². The van der Waals surface area contributed by atoms with Gasteiger partial charge in [0.15, 0.2) is 17.3 Å². The van der Waals surface area contributed by atoms with Gasteiger partial charge in [0.1, 0.15) is 0 Å². The number of amides is 1. The predicted octanol–water partition coefficient (Wildman–Crippen LogP) is 5.18. The third-order valence-corrected chi connectivity index (χ3v) is 6.31. The first-order valence-electron chi connectivity index (χ1n) is 10.6. The Balaban J connectivity index is 1.90. The Bertz CT molecular complexity index is 1080. The number of aryl methyl sites for hydroxylation is 1. The lowest BCUT2D eigenvalue weighted by Crippen LogP contribution is -2.44. The molecule has 5 nitrogen and oxygen atoms in total. The fraction of sp³-hybridized carbons (Fsp3) is 0.385. The molecule has 0 radical (unpaired) electrons. The summed E-state index contributed by atoms with van der Waals surface area (Å²) >= 11 is 0. The molecule has 2 aromatic carbocycles. The molecule has 2 aliphatic rings. The molecule has 0 aromatic heterocycles. The molecule has 0 fully saturated rings. The summed E-state index contributed by atoms with van der Waals surface area (Å²) < 4.78 is 10.8. The molecule has 0 unspecified atom stereocenters. The summed E-state index contributed by atoms with van der Waals surface area (Å²) in [5, 5.41) is 0. The molecule has 0 spiro atoms. The van der Waals surface area contributed by atoms with Crippen LogP contribution in [0.25, 0.3) is 0 Å². The van der Waals surface area contributed by atoms with Crippen LogP contribution in [0.15, 0.2) is 53.7 Å². The predicted molar refractivity (Wildman–Crippen MR) is 121 cm³/mol. The number of Topliss-reactive ketones (excluding diaryl/α,β-unsaturated/α-hetero) is 1. The number of carbonyl (C=O) groups excluding carboxylic acids is 2. The average Bonchev–Trinajstić information content (AvgIpc) is 2.72. The lowest BCUT2D eigenvalue weighted by atomic mass is 9.69. The molecule has 1 heterocycles. The van der Waals surface area contributed by atoms with Crippen LogP contribution < -0.4 is 14.4 Å². The molecule has 31 heavy (non-hydrogen) atoms. The second-order valence-electron chi connectivity index (χ2n) is 9.19. The molecule has 1 aliphatic carbocycles. The van der Waals surface area contributed by atoms with Crippen molar-refractivity contribution in [1.29, 1.82) is 0 Å². The Labute approximate surface area is 183 Å². The van der Waals surface area contributed by atoms with Crippen molar-refractivity contribution in [3.8, 4) is 11.5 Å². The van der Waals surface area contributed by atoms with E-state index in [1.54, 1.807) is 19.1 Å². The number of methoxy groups -OCH3 is 2. The Morgan fingerprint density at radius 1 is 0.968 bits per heavy atom. The van der Waals surface area contributed by atoms with Crippen molar-refractivity contribution in [2.45, 2.75) is 46.0 Å². The maximum atomic E-state index is 13.5. The Morgan fingerprint density at radius 2 is 1.68 bits per heavy atom. The number of ether oxygens (including phenoxy) is 2. The number of allylic oxidation sites excluding steroid dienone is 2. The van der Waals surface area contributed by atoms with Crippen molar-refractivity contribution >= 4 is 17.4 Å². The van der Waals surface area contributed by atoms with Gasteiger partial charge in [-0.25, -0.2) is 0 Å². The fourth-order valence-electron chi connectivity index (χ4n) is 4.86. The van der Waals surface area contributed by atoms with Crippen LogP contribution >= 0.6 is 0 Å². The lowest BCUT2D eigenvalue weighted by molar-refractivity contribution is -0.121. The van der Waals surface area contributed by atoms with Crippen LogP contribution in [0.2, 0.25) is 0 Å². The highest BCUT2D eigenvalue weighted by atomic mass is 16.5. The minimum Gasteiger partial charge on any atom is -0.493 e. The zero-order valence-electron chi connectivity index (χ0n) is 18.8. The van der Waals surface area contributed by atoms with Crippen LogP contribution in [-0.2, 0) is 9.59 Å². The van der Waals surface area contributed by atoms with Gasteiger partial charge in [0.25, 0.3) is 0 Å². The van der Waals surface area contributed by atoms with Crippen molar-refractivity contribution in [2.75, 3.05) is 19.1 Å². The zero-order chi connectivity index (χ0) is 22.3. The number of benzene rings is 2. The zero-order valence-corrected chi connectivity index (χ0v) is 18.8. The topological polar surface area (TPSA) is 55.8 Å². The first-order valence-corrected chi connectivity index (χ1v) is 10.6. The second kappa shape index (κ2) is 7.88. The average molecular weight is 420 g/mol. The fourth-order valence-corrected chi connectivity index (χ4v) is 4.86. The van der Waals surface area contributed by atoms with Crippen molar-refractivity contribution in [1.82, 2.24) is 0 Å². The largest absolute Gasteiger partial charge is 0.493 e. The summed E-state index contributed by atoms with van der Waals surface area (Å²) in [6.07, 6.45) is 1.40. The van der Waals surface area contributed by atoms with Gasteiger partial charge in [-0.2, -0.15) is 0 Å². The van der Waals surface area contributed by atoms with Crippen molar-refractivity contribution in [3.63, 3.8) is 0 Å². The number of ketones is 1. The first kappa shape index (κ1) is 21.2. The summed E-state index contributed by atoms with van der Waals surface area (Å²) in [6, 6.07) is 13.5. The quantitative estimate of drug-likeness (QED) is 0.686. The molecule has 0 bridgehead atoms. The van der Waals surface area contributed by atoms with E-state index in [9.17, 15) is 9.59 Å². The SMILES string of the molecule is COc1ccc([C@H]2CC(=O)N(c3ccccc3C)C3=C2C(=O)CC(C)(C)C3)cc1OC. The molecule has 5 heteroatoms. The summed E-state index contributed by atoms with van der Waals surface area (Å²) in [6.45, 7) is 6.18. The molecule has 0 N–H and O–H groups in total. The molecule has 0 saturated carbocycles. The monoisotopic (exact) mass is 419 g/mol. The third kappa shape index (κ3) is 3.73. The van der Waals surface area contributed by atoms with Crippen molar-refractivity contribution in [2.24, 2.45) is 5.41 Å². The van der Waals surface area contributed by atoms with Gasteiger partial charge in [0.05, 0.1) is 19.9 Å². The molecule has 4 rings (SSSR count). The third-order valence-electron chi connectivity index (χ3n) is 6.31. The normalized spacial score (nSPS) is 20.5. The highest BCUT2D eigenvalue weighted by Gasteiger charge is 2.44. The van der Waals surface area contributed by atoms with Crippen LogP contribution in [0.4, 0.5) is 5.69 Å². The molecule has 1 atom stereocenters. The maximum absolute atomic E-state index is 13.5. The molecular formula is C26H29NO4. The first-order chi connectivity index (χ1) is 14.8. The number of carbonyl (C=O) groups is 2. The Kier molecular flexibility index (Phi) is 5.38. The number of anilines is 1. The Hall–Kier alpha value is -3.08. The van der Waals surface area contributed by atoms with E-state index >= 15 is 0 Å². The van der Waals surface area contributed by atoms with Crippen LogP contribution in [-0.4, -0.2) is 25.9 Å². The number of hydrogen-bond donors (Lipinski definition) is 0. The summed E-state index contributed by atoms with van der Waals surface area (Å²) in [4.78, 5) is 28.7. The molecular weight excluding hydrogens is 390 g/mol. The van der Waals surface area contributed by atoms with E-state index < -0.39 is 0 Å². The highest BCUT2D eigenvalue weighted by molar-refractivity contribution is 6.08. The molecule has 1 amide bonds. The van der Waals surface area contributed by atoms with Crippen LogP contribution in [0.1, 0.15) is 50.2 Å². The number of rotatable bonds is 4.